The van der Waals surface area contributed by atoms with E-state index in [-0.39, 0.29) is 5.91 Å². The molecule has 1 amide bonds. The highest BCUT2D eigenvalue weighted by Crippen LogP contribution is 2.17. The number of carbonyl (C=O) groups excluding carboxylic acids is 1. The average Bonchev–Trinajstić information content (AvgIpc) is 3.25. The van der Waals surface area contributed by atoms with Gasteiger partial charge in [0.15, 0.2) is 5.96 Å². The van der Waals surface area contributed by atoms with Crippen molar-refractivity contribution in [1.82, 2.24) is 20.5 Å². The first-order valence-corrected chi connectivity index (χ1v) is 9.89. The van der Waals surface area contributed by atoms with Crippen LogP contribution in [0.25, 0.3) is 11.5 Å². The van der Waals surface area contributed by atoms with E-state index in [0.717, 1.165) is 23.4 Å². The summed E-state index contributed by atoms with van der Waals surface area (Å²) in [5, 5.41) is 6.50. The lowest BCUT2D eigenvalue weighted by molar-refractivity contribution is 0.0827. The largest absolute Gasteiger partial charge is 0.444 e. The van der Waals surface area contributed by atoms with Crippen molar-refractivity contribution in [2.24, 2.45) is 4.99 Å². The number of carbonyl (C=O) groups is 1. The predicted molar refractivity (Wildman–Crippen MR) is 118 cm³/mol. The molecule has 0 aliphatic rings. The normalized spacial score (nSPS) is 11.2. The Morgan fingerprint density at radius 1 is 1.07 bits per heavy atom. The molecular weight excluding hydrogens is 378 g/mol. The zero-order valence-corrected chi connectivity index (χ0v) is 17.6. The molecule has 3 rings (SSSR count). The van der Waals surface area contributed by atoms with E-state index in [9.17, 15) is 4.79 Å². The van der Waals surface area contributed by atoms with Crippen LogP contribution in [0.2, 0.25) is 0 Å². The molecule has 0 aliphatic heterocycles. The van der Waals surface area contributed by atoms with E-state index in [1.807, 2.05) is 61.5 Å². The SMILES string of the molecule is CCNC(=NCc1ccc(C(=O)N(C)C)cc1)NCc1coc(-c2ccccc2)n1. The molecule has 0 spiro atoms. The van der Waals surface area contributed by atoms with E-state index in [1.54, 1.807) is 25.3 Å². The highest BCUT2D eigenvalue weighted by Gasteiger charge is 2.08. The van der Waals surface area contributed by atoms with Crippen LogP contribution in [0, 0.1) is 0 Å². The molecule has 7 heteroatoms. The van der Waals surface area contributed by atoms with Crippen molar-refractivity contribution in [2.75, 3.05) is 20.6 Å². The average molecular weight is 406 g/mol. The van der Waals surface area contributed by atoms with Crippen LogP contribution in [0.15, 0.2) is 70.3 Å². The third kappa shape index (κ3) is 5.70. The fourth-order valence-electron chi connectivity index (χ4n) is 2.80. The van der Waals surface area contributed by atoms with Crippen LogP contribution in [0.3, 0.4) is 0 Å². The van der Waals surface area contributed by atoms with Crippen molar-refractivity contribution < 1.29 is 9.21 Å². The number of aliphatic imine (C=N–C) groups is 1. The third-order valence-electron chi connectivity index (χ3n) is 4.38. The Balaban J connectivity index is 1.60. The van der Waals surface area contributed by atoms with Gasteiger partial charge in [0.2, 0.25) is 5.89 Å². The summed E-state index contributed by atoms with van der Waals surface area (Å²) in [5.74, 6) is 1.28. The summed E-state index contributed by atoms with van der Waals surface area (Å²) in [7, 11) is 3.49. The molecule has 156 valence electrons. The fourth-order valence-corrected chi connectivity index (χ4v) is 2.80. The molecule has 30 heavy (non-hydrogen) atoms. The van der Waals surface area contributed by atoms with Crippen LogP contribution in [0.5, 0.6) is 0 Å². The van der Waals surface area contributed by atoms with Gasteiger partial charge in [-0.3, -0.25) is 4.79 Å². The number of nitrogens with one attached hydrogen (secondary N) is 2. The van der Waals surface area contributed by atoms with Crippen LogP contribution >= 0.6 is 0 Å². The molecule has 0 saturated carbocycles. The molecule has 0 bridgehead atoms. The van der Waals surface area contributed by atoms with Gasteiger partial charge in [-0.2, -0.15) is 0 Å². The topological polar surface area (TPSA) is 82.8 Å². The number of hydrogen-bond donors (Lipinski definition) is 2. The van der Waals surface area contributed by atoms with Crippen LogP contribution < -0.4 is 10.6 Å². The van der Waals surface area contributed by atoms with Gasteiger partial charge < -0.3 is 20.0 Å². The Labute approximate surface area is 176 Å². The number of oxazole rings is 1. The molecule has 0 atom stereocenters. The minimum absolute atomic E-state index is 0.0115. The smallest absolute Gasteiger partial charge is 0.253 e. The van der Waals surface area contributed by atoms with Gasteiger partial charge >= 0.3 is 0 Å². The number of rotatable bonds is 7. The number of hydrogen-bond acceptors (Lipinski definition) is 4. The Morgan fingerprint density at radius 3 is 2.47 bits per heavy atom. The quantitative estimate of drug-likeness (QED) is 0.466. The van der Waals surface area contributed by atoms with Gasteiger partial charge in [-0.05, 0) is 36.8 Å². The zero-order valence-electron chi connectivity index (χ0n) is 17.6. The molecular formula is C23H27N5O2. The molecule has 1 heterocycles. The minimum Gasteiger partial charge on any atom is -0.444 e. The molecule has 1 aromatic heterocycles. The Kier molecular flexibility index (Phi) is 7.21. The first-order chi connectivity index (χ1) is 14.6. The first-order valence-electron chi connectivity index (χ1n) is 9.89. The van der Waals surface area contributed by atoms with Gasteiger partial charge in [-0.1, -0.05) is 30.3 Å². The van der Waals surface area contributed by atoms with Crippen LogP contribution in [-0.4, -0.2) is 42.4 Å². The molecule has 0 radical (unpaired) electrons. The molecule has 2 N–H and O–H groups in total. The van der Waals surface area contributed by atoms with Gasteiger partial charge in [-0.25, -0.2) is 9.98 Å². The van der Waals surface area contributed by atoms with Crippen molar-refractivity contribution >= 4 is 11.9 Å². The van der Waals surface area contributed by atoms with Gasteiger partial charge in [-0.15, -0.1) is 0 Å². The molecule has 0 saturated heterocycles. The second kappa shape index (κ2) is 10.2. The highest BCUT2D eigenvalue weighted by atomic mass is 16.3. The maximum Gasteiger partial charge on any atom is 0.253 e. The number of aromatic nitrogens is 1. The van der Waals surface area contributed by atoms with E-state index >= 15 is 0 Å². The summed E-state index contributed by atoms with van der Waals surface area (Å²) in [6.07, 6.45) is 1.65. The number of benzene rings is 2. The molecule has 0 unspecified atom stereocenters. The van der Waals surface area contributed by atoms with E-state index in [1.165, 1.54) is 0 Å². The summed E-state index contributed by atoms with van der Waals surface area (Å²) in [5.41, 5.74) is 3.43. The standard InChI is InChI=1S/C23H27N5O2/c1-4-24-23(25-14-17-10-12-19(13-11-17)22(29)28(2)3)26-15-20-16-30-21(27-20)18-8-6-5-7-9-18/h5-13,16H,4,14-15H2,1-3H3,(H2,24,25,26). The highest BCUT2D eigenvalue weighted by molar-refractivity contribution is 5.93. The van der Waals surface area contributed by atoms with Crippen LogP contribution in [0.4, 0.5) is 0 Å². The van der Waals surface area contributed by atoms with Crippen LogP contribution in [-0.2, 0) is 13.1 Å². The summed E-state index contributed by atoms with van der Waals surface area (Å²) in [4.78, 5) is 22.7. The lowest BCUT2D eigenvalue weighted by atomic mass is 10.1. The predicted octanol–water partition coefficient (Wildman–Crippen LogP) is 3.30. The fraction of sp³-hybridized carbons (Fsp3) is 0.261. The van der Waals surface area contributed by atoms with Crippen molar-refractivity contribution in [1.29, 1.82) is 0 Å². The molecule has 0 aliphatic carbocycles. The van der Waals surface area contributed by atoms with Crippen LogP contribution in [0.1, 0.15) is 28.5 Å². The maximum atomic E-state index is 12.0. The van der Waals surface area contributed by atoms with E-state index in [0.29, 0.717) is 30.5 Å². The van der Waals surface area contributed by atoms with Gasteiger partial charge in [0.25, 0.3) is 5.91 Å². The lowest BCUT2D eigenvalue weighted by Crippen LogP contribution is -2.36. The van der Waals surface area contributed by atoms with E-state index in [2.05, 4.69) is 20.6 Å². The molecule has 7 nitrogen and oxygen atoms in total. The van der Waals surface area contributed by atoms with Gasteiger partial charge in [0.05, 0.1) is 18.8 Å². The Bertz CT molecular complexity index is 978. The number of guanidine groups is 1. The molecule has 2 aromatic carbocycles. The second-order valence-corrected chi connectivity index (χ2v) is 6.96. The number of nitrogens with zero attached hydrogens (tertiary/aromatic N) is 3. The zero-order chi connectivity index (χ0) is 21.3. The summed E-state index contributed by atoms with van der Waals surface area (Å²) in [6, 6.07) is 17.3. The summed E-state index contributed by atoms with van der Waals surface area (Å²) >= 11 is 0. The van der Waals surface area contributed by atoms with Crippen molar-refractivity contribution in [2.45, 2.75) is 20.0 Å². The summed E-state index contributed by atoms with van der Waals surface area (Å²) in [6.45, 7) is 3.76. The minimum atomic E-state index is -0.0115. The van der Waals surface area contributed by atoms with E-state index in [4.69, 9.17) is 4.42 Å². The lowest BCUT2D eigenvalue weighted by Gasteiger charge is -2.11. The van der Waals surface area contributed by atoms with Crippen molar-refractivity contribution in [3.63, 3.8) is 0 Å². The maximum absolute atomic E-state index is 12.0. The van der Waals surface area contributed by atoms with Gasteiger partial charge in [0, 0.05) is 31.8 Å². The van der Waals surface area contributed by atoms with E-state index < -0.39 is 0 Å². The Hall–Kier alpha value is -3.61. The van der Waals surface area contributed by atoms with Gasteiger partial charge in [0.1, 0.15) is 6.26 Å². The first kappa shape index (κ1) is 21.1. The van der Waals surface area contributed by atoms with Crippen molar-refractivity contribution in [3.05, 3.63) is 77.7 Å². The third-order valence-corrected chi connectivity index (χ3v) is 4.38. The number of amides is 1. The Morgan fingerprint density at radius 2 is 1.80 bits per heavy atom. The summed E-state index contributed by atoms with van der Waals surface area (Å²) < 4.78 is 5.58. The molecule has 0 fully saturated rings. The molecule has 3 aromatic rings. The monoisotopic (exact) mass is 405 g/mol. The van der Waals surface area contributed by atoms with Crippen molar-refractivity contribution in [3.8, 4) is 11.5 Å². The second-order valence-electron chi connectivity index (χ2n) is 6.96.